The quantitative estimate of drug-likeness (QED) is 0.749. The van der Waals surface area contributed by atoms with Crippen molar-refractivity contribution < 1.29 is 5.11 Å². The van der Waals surface area contributed by atoms with Gasteiger partial charge in [0.25, 0.3) is 0 Å². The lowest BCUT2D eigenvalue weighted by molar-refractivity contribution is 0.218. The SMILES string of the molecule is CCCCC(O)C#CCCc1ccccc1. The molecule has 1 atom stereocenters. The Balaban J connectivity index is 2.22. The molecule has 0 aliphatic heterocycles. The van der Waals surface area contributed by atoms with Gasteiger partial charge in [0.2, 0.25) is 0 Å². The average Bonchev–Trinajstić information content (AvgIpc) is 2.33. The van der Waals surface area contributed by atoms with Crippen LogP contribution in [0.1, 0.15) is 38.2 Å². The summed E-state index contributed by atoms with van der Waals surface area (Å²) in [5.41, 5.74) is 1.31. The summed E-state index contributed by atoms with van der Waals surface area (Å²) in [5, 5.41) is 9.50. The van der Waals surface area contributed by atoms with Crippen molar-refractivity contribution >= 4 is 0 Å². The van der Waals surface area contributed by atoms with Gasteiger partial charge >= 0.3 is 0 Å². The molecule has 1 aromatic carbocycles. The molecular weight excluding hydrogens is 196 g/mol. The van der Waals surface area contributed by atoms with Gasteiger partial charge in [-0.05, 0) is 18.4 Å². The van der Waals surface area contributed by atoms with E-state index >= 15 is 0 Å². The topological polar surface area (TPSA) is 20.2 Å². The van der Waals surface area contributed by atoms with Crippen LogP contribution >= 0.6 is 0 Å². The minimum atomic E-state index is -0.435. The van der Waals surface area contributed by atoms with E-state index in [1.165, 1.54) is 5.56 Å². The van der Waals surface area contributed by atoms with Crippen LogP contribution in [0.2, 0.25) is 0 Å². The molecule has 0 aromatic heterocycles. The van der Waals surface area contributed by atoms with Gasteiger partial charge in [-0.3, -0.25) is 0 Å². The van der Waals surface area contributed by atoms with Crippen molar-refractivity contribution in [2.45, 2.75) is 45.1 Å². The van der Waals surface area contributed by atoms with Crippen molar-refractivity contribution in [2.24, 2.45) is 0 Å². The first-order chi connectivity index (χ1) is 7.83. The van der Waals surface area contributed by atoms with E-state index in [1.807, 2.05) is 18.2 Å². The second kappa shape index (κ2) is 7.96. The molecule has 0 radical (unpaired) electrons. The first kappa shape index (κ1) is 12.8. The van der Waals surface area contributed by atoms with Crippen LogP contribution < -0.4 is 0 Å². The Morgan fingerprint density at radius 2 is 2.00 bits per heavy atom. The second-order valence-electron chi connectivity index (χ2n) is 3.96. The molecule has 0 bridgehead atoms. The molecule has 1 heteroatoms. The van der Waals surface area contributed by atoms with E-state index in [0.29, 0.717) is 0 Å². The van der Waals surface area contributed by atoms with Gasteiger partial charge in [-0.15, -0.1) is 5.92 Å². The van der Waals surface area contributed by atoms with E-state index in [9.17, 15) is 5.11 Å². The molecule has 0 saturated carbocycles. The second-order valence-corrected chi connectivity index (χ2v) is 3.96. The number of unbranched alkanes of at least 4 members (excludes halogenated alkanes) is 1. The average molecular weight is 216 g/mol. The van der Waals surface area contributed by atoms with E-state index in [2.05, 4.69) is 30.9 Å². The predicted molar refractivity (Wildman–Crippen MR) is 68.1 cm³/mol. The standard InChI is InChI=1S/C15H20O/c1-2-3-12-15(16)13-8-7-11-14-9-5-4-6-10-14/h4-6,9-10,15-16H,2-3,7,11-12H2,1H3. The molecule has 0 fully saturated rings. The van der Waals surface area contributed by atoms with E-state index in [4.69, 9.17) is 0 Å². The molecule has 0 saturated heterocycles. The summed E-state index contributed by atoms with van der Waals surface area (Å²) >= 11 is 0. The molecule has 86 valence electrons. The van der Waals surface area contributed by atoms with Crippen molar-refractivity contribution in [3.8, 4) is 11.8 Å². The van der Waals surface area contributed by atoms with Crippen LogP contribution in [0.3, 0.4) is 0 Å². The minimum absolute atomic E-state index is 0.435. The lowest BCUT2D eigenvalue weighted by atomic mass is 10.1. The third-order valence-electron chi connectivity index (χ3n) is 2.48. The summed E-state index contributed by atoms with van der Waals surface area (Å²) in [7, 11) is 0. The zero-order chi connectivity index (χ0) is 11.6. The van der Waals surface area contributed by atoms with Crippen molar-refractivity contribution in [1.29, 1.82) is 0 Å². The van der Waals surface area contributed by atoms with Gasteiger partial charge in [0.1, 0.15) is 6.10 Å². The monoisotopic (exact) mass is 216 g/mol. The van der Waals surface area contributed by atoms with Gasteiger partial charge in [0, 0.05) is 6.42 Å². The number of hydrogen-bond donors (Lipinski definition) is 1. The van der Waals surface area contributed by atoms with Gasteiger partial charge in [-0.1, -0.05) is 56.0 Å². The Morgan fingerprint density at radius 3 is 2.69 bits per heavy atom. The van der Waals surface area contributed by atoms with Crippen molar-refractivity contribution in [2.75, 3.05) is 0 Å². The van der Waals surface area contributed by atoms with Crippen LogP contribution in [-0.4, -0.2) is 11.2 Å². The number of hydrogen-bond acceptors (Lipinski definition) is 1. The molecule has 1 aromatic rings. The fourth-order valence-corrected chi connectivity index (χ4v) is 1.51. The Morgan fingerprint density at radius 1 is 1.25 bits per heavy atom. The van der Waals surface area contributed by atoms with Gasteiger partial charge in [-0.25, -0.2) is 0 Å². The van der Waals surface area contributed by atoms with Crippen LogP contribution in [0.4, 0.5) is 0 Å². The largest absolute Gasteiger partial charge is 0.380 e. The summed E-state index contributed by atoms with van der Waals surface area (Å²) in [6, 6.07) is 10.3. The zero-order valence-electron chi connectivity index (χ0n) is 9.95. The number of aryl methyl sites for hydroxylation is 1. The Hall–Kier alpha value is -1.26. The van der Waals surface area contributed by atoms with E-state index in [0.717, 1.165) is 32.1 Å². The lowest BCUT2D eigenvalue weighted by Crippen LogP contribution is -2.01. The molecule has 1 unspecified atom stereocenters. The molecule has 0 heterocycles. The van der Waals surface area contributed by atoms with Crippen LogP contribution in [0.15, 0.2) is 30.3 Å². The molecule has 0 amide bonds. The van der Waals surface area contributed by atoms with Crippen LogP contribution in [0.5, 0.6) is 0 Å². The number of aliphatic hydroxyl groups excluding tert-OH is 1. The van der Waals surface area contributed by atoms with Gasteiger partial charge < -0.3 is 5.11 Å². The molecule has 0 spiro atoms. The van der Waals surface area contributed by atoms with E-state index < -0.39 is 6.10 Å². The highest BCUT2D eigenvalue weighted by atomic mass is 16.3. The molecule has 1 N–H and O–H groups in total. The lowest BCUT2D eigenvalue weighted by Gasteiger charge is -2.00. The first-order valence-corrected chi connectivity index (χ1v) is 6.03. The fraction of sp³-hybridized carbons (Fsp3) is 0.467. The van der Waals surface area contributed by atoms with Crippen LogP contribution in [0, 0.1) is 11.8 Å². The molecule has 16 heavy (non-hydrogen) atoms. The Labute approximate surface area is 98.5 Å². The molecule has 1 rings (SSSR count). The highest BCUT2D eigenvalue weighted by molar-refractivity contribution is 5.16. The smallest absolute Gasteiger partial charge is 0.114 e. The van der Waals surface area contributed by atoms with Crippen molar-refractivity contribution in [3.05, 3.63) is 35.9 Å². The predicted octanol–water partition coefficient (Wildman–Crippen LogP) is 3.17. The summed E-state index contributed by atoms with van der Waals surface area (Å²) < 4.78 is 0. The summed E-state index contributed by atoms with van der Waals surface area (Å²) in [5.74, 6) is 5.94. The van der Waals surface area contributed by atoms with Crippen molar-refractivity contribution in [1.82, 2.24) is 0 Å². The minimum Gasteiger partial charge on any atom is -0.380 e. The highest BCUT2D eigenvalue weighted by Gasteiger charge is 1.96. The Kier molecular flexibility index (Phi) is 6.37. The van der Waals surface area contributed by atoms with E-state index in [-0.39, 0.29) is 0 Å². The molecular formula is C15H20O. The highest BCUT2D eigenvalue weighted by Crippen LogP contribution is 2.02. The third-order valence-corrected chi connectivity index (χ3v) is 2.48. The Bertz CT molecular complexity index is 331. The summed E-state index contributed by atoms with van der Waals surface area (Å²) in [6.07, 6.45) is 4.32. The fourth-order valence-electron chi connectivity index (χ4n) is 1.51. The number of rotatable bonds is 5. The van der Waals surface area contributed by atoms with Crippen LogP contribution in [-0.2, 0) is 6.42 Å². The molecule has 0 aliphatic rings. The van der Waals surface area contributed by atoms with Gasteiger partial charge in [0.05, 0.1) is 0 Å². The van der Waals surface area contributed by atoms with E-state index in [1.54, 1.807) is 0 Å². The first-order valence-electron chi connectivity index (χ1n) is 6.03. The number of aliphatic hydroxyl groups is 1. The number of benzene rings is 1. The van der Waals surface area contributed by atoms with Crippen molar-refractivity contribution in [3.63, 3.8) is 0 Å². The summed E-state index contributed by atoms with van der Waals surface area (Å²) in [4.78, 5) is 0. The van der Waals surface area contributed by atoms with Crippen LogP contribution in [0.25, 0.3) is 0 Å². The molecule has 1 nitrogen and oxygen atoms in total. The molecule has 0 aliphatic carbocycles. The van der Waals surface area contributed by atoms with Gasteiger partial charge in [0.15, 0.2) is 0 Å². The zero-order valence-corrected chi connectivity index (χ0v) is 9.95. The summed E-state index contributed by atoms with van der Waals surface area (Å²) in [6.45, 7) is 2.12. The van der Waals surface area contributed by atoms with Gasteiger partial charge in [-0.2, -0.15) is 0 Å². The normalized spacial score (nSPS) is 11.6. The maximum Gasteiger partial charge on any atom is 0.114 e. The maximum absolute atomic E-state index is 9.50. The maximum atomic E-state index is 9.50. The third kappa shape index (κ3) is 5.58.